The van der Waals surface area contributed by atoms with Gasteiger partial charge in [0.25, 0.3) is 0 Å². The second kappa shape index (κ2) is 5.65. The molecule has 6 heteroatoms. The first kappa shape index (κ1) is 13.3. The minimum absolute atomic E-state index is 0.246. The predicted molar refractivity (Wildman–Crippen MR) is 66.4 cm³/mol. The molecule has 0 spiro atoms. The highest BCUT2D eigenvalue weighted by Crippen LogP contribution is 2.19. The van der Waals surface area contributed by atoms with Crippen molar-refractivity contribution in [3.05, 3.63) is 0 Å². The van der Waals surface area contributed by atoms with Gasteiger partial charge >= 0.3 is 0 Å². The molecule has 0 saturated carbocycles. The largest absolute Gasteiger partial charge is 0.372 e. The second-order valence-corrected chi connectivity index (χ2v) is 6.92. The van der Waals surface area contributed by atoms with Crippen molar-refractivity contribution in [1.82, 2.24) is 9.62 Å². The zero-order valence-electron chi connectivity index (χ0n) is 10.4. The van der Waals surface area contributed by atoms with Crippen molar-refractivity contribution < 1.29 is 13.2 Å². The molecule has 1 N–H and O–H groups in total. The number of hydrogen-bond donors (Lipinski definition) is 1. The van der Waals surface area contributed by atoms with Gasteiger partial charge in [-0.2, -0.15) is 0 Å². The summed E-state index contributed by atoms with van der Waals surface area (Å²) in [6.07, 6.45) is 2.94. The van der Waals surface area contributed by atoms with E-state index in [1.165, 1.54) is 0 Å². The molecule has 17 heavy (non-hydrogen) atoms. The normalized spacial score (nSPS) is 24.8. The van der Waals surface area contributed by atoms with Gasteiger partial charge in [0.05, 0.1) is 18.0 Å². The third-order valence-corrected chi connectivity index (χ3v) is 5.46. The molecule has 2 heterocycles. The van der Waals surface area contributed by atoms with Crippen molar-refractivity contribution in [2.24, 2.45) is 0 Å². The summed E-state index contributed by atoms with van der Waals surface area (Å²) in [6.45, 7) is 5.01. The lowest BCUT2D eigenvalue weighted by Gasteiger charge is -2.36. The van der Waals surface area contributed by atoms with Crippen LogP contribution in [-0.2, 0) is 14.8 Å². The maximum Gasteiger partial charge on any atom is 0.214 e. The van der Waals surface area contributed by atoms with Gasteiger partial charge in [-0.3, -0.25) is 0 Å². The van der Waals surface area contributed by atoms with E-state index in [2.05, 4.69) is 5.32 Å². The second-order valence-electron chi connectivity index (χ2n) is 4.83. The fourth-order valence-corrected chi connectivity index (χ4v) is 3.81. The Balaban J connectivity index is 1.77. The summed E-state index contributed by atoms with van der Waals surface area (Å²) in [5.74, 6) is 0.269. The van der Waals surface area contributed by atoms with Crippen LogP contribution in [0.4, 0.5) is 0 Å². The van der Waals surface area contributed by atoms with E-state index in [0.717, 1.165) is 25.9 Å². The number of ether oxygens (including phenoxy) is 1. The minimum Gasteiger partial charge on any atom is -0.372 e. The van der Waals surface area contributed by atoms with Gasteiger partial charge in [0, 0.05) is 26.2 Å². The van der Waals surface area contributed by atoms with Crippen molar-refractivity contribution in [3.8, 4) is 0 Å². The molecule has 5 nitrogen and oxygen atoms in total. The molecule has 2 saturated heterocycles. The Morgan fingerprint density at radius 2 is 1.88 bits per heavy atom. The molecule has 0 bridgehead atoms. The van der Waals surface area contributed by atoms with Crippen molar-refractivity contribution in [3.63, 3.8) is 0 Å². The molecular weight excluding hydrogens is 240 g/mol. The maximum atomic E-state index is 11.9. The van der Waals surface area contributed by atoms with Crippen LogP contribution in [0, 0.1) is 0 Å². The topological polar surface area (TPSA) is 58.6 Å². The van der Waals surface area contributed by atoms with Gasteiger partial charge in [-0.05, 0) is 19.3 Å². The van der Waals surface area contributed by atoms with E-state index in [-0.39, 0.29) is 11.9 Å². The molecular formula is C11H22N2O3S. The van der Waals surface area contributed by atoms with Gasteiger partial charge < -0.3 is 10.1 Å². The quantitative estimate of drug-likeness (QED) is 0.768. The van der Waals surface area contributed by atoms with E-state index < -0.39 is 10.0 Å². The van der Waals surface area contributed by atoms with E-state index in [1.54, 1.807) is 4.31 Å². The Labute approximate surface area is 104 Å². The number of rotatable bonds is 5. The zero-order chi connectivity index (χ0) is 12.3. The molecule has 2 aliphatic rings. The molecule has 0 aromatic carbocycles. The summed E-state index contributed by atoms with van der Waals surface area (Å²) in [7, 11) is -3.01. The van der Waals surface area contributed by atoms with Crippen LogP contribution < -0.4 is 5.32 Å². The lowest BCUT2D eigenvalue weighted by molar-refractivity contribution is -0.0552. The lowest BCUT2D eigenvalue weighted by atomic mass is 10.1. The Kier molecular flexibility index (Phi) is 4.41. The predicted octanol–water partition coefficient (Wildman–Crippen LogP) is 0.179. The molecule has 0 radical (unpaired) electrons. The highest BCUT2D eigenvalue weighted by Gasteiger charge is 2.30. The van der Waals surface area contributed by atoms with Crippen molar-refractivity contribution >= 4 is 10.0 Å². The molecule has 0 amide bonds. The van der Waals surface area contributed by atoms with E-state index in [4.69, 9.17) is 4.74 Å². The first-order chi connectivity index (χ1) is 8.12. The first-order valence-electron chi connectivity index (χ1n) is 6.46. The maximum absolute atomic E-state index is 11.9. The van der Waals surface area contributed by atoms with Crippen LogP contribution >= 0.6 is 0 Å². The Hall–Kier alpha value is -0.170. The van der Waals surface area contributed by atoms with Crippen LogP contribution in [0.25, 0.3) is 0 Å². The van der Waals surface area contributed by atoms with Crippen molar-refractivity contribution in [1.29, 1.82) is 0 Å². The first-order valence-corrected chi connectivity index (χ1v) is 8.06. The smallest absolute Gasteiger partial charge is 0.214 e. The van der Waals surface area contributed by atoms with E-state index in [9.17, 15) is 8.42 Å². The fourth-order valence-electron chi connectivity index (χ4n) is 2.26. The van der Waals surface area contributed by atoms with Crippen LogP contribution in [0.1, 0.15) is 26.2 Å². The molecule has 2 aliphatic heterocycles. The highest BCUT2D eigenvalue weighted by atomic mass is 32.2. The van der Waals surface area contributed by atoms with E-state index >= 15 is 0 Å². The number of nitrogens with zero attached hydrogens (tertiary/aromatic N) is 1. The Morgan fingerprint density at radius 3 is 2.35 bits per heavy atom. The summed E-state index contributed by atoms with van der Waals surface area (Å²) in [5.41, 5.74) is 0. The molecule has 2 rings (SSSR count). The molecule has 0 unspecified atom stereocenters. The molecule has 100 valence electrons. The van der Waals surface area contributed by atoms with Crippen LogP contribution in [0.5, 0.6) is 0 Å². The van der Waals surface area contributed by atoms with Crippen LogP contribution in [-0.4, -0.2) is 56.9 Å². The summed E-state index contributed by atoms with van der Waals surface area (Å²) < 4.78 is 31.2. The van der Waals surface area contributed by atoms with Gasteiger partial charge in [0.15, 0.2) is 0 Å². The summed E-state index contributed by atoms with van der Waals surface area (Å²) in [4.78, 5) is 0. The van der Waals surface area contributed by atoms with Crippen molar-refractivity contribution in [2.45, 2.75) is 38.4 Å². The SMILES string of the molecule is CCCS(=O)(=O)N1CCC(OC2CNC2)CC1. The number of nitrogens with one attached hydrogen (secondary N) is 1. The average Bonchev–Trinajstić information content (AvgIpc) is 2.24. The number of sulfonamides is 1. The van der Waals surface area contributed by atoms with E-state index in [0.29, 0.717) is 25.6 Å². The zero-order valence-corrected chi connectivity index (χ0v) is 11.2. The fraction of sp³-hybridized carbons (Fsp3) is 1.00. The summed E-state index contributed by atoms with van der Waals surface area (Å²) in [5, 5.41) is 3.17. The molecule has 2 fully saturated rings. The van der Waals surface area contributed by atoms with Gasteiger partial charge in [0.1, 0.15) is 0 Å². The molecule has 0 aromatic rings. The monoisotopic (exact) mass is 262 g/mol. The molecule has 0 aromatic heterocycles. The van der Waals surface area contributed by atoms with Crippen molar-refractivity contribution in [2.75, 3.05) is 31.9 Å². The Bertz CT molecular complexity index is 333. The number of hydrogen-bond acceptors (Lipinski definition) is 4. The minimum atomic E-state index is -3.01. The molecule has 0 aliphatic carbocycles. The molecule has 0 atom stereocenters. The van der Waals surface area contributed by atoms with Crippen LogP contribution in [0.15, 0.2) is 0 Å². The van der Waals surface area contributed by atoms with Gasteiger partial charge in [-0.25, -0.2) is 12.7 Å². The van der Waals surface area contributed by atoms with Gasteiger partial charge in [0.2, 0.25) is 10.0 Å². The Morgan fingerprint density at radius 1 is 1.24 bits per heavy atom. The van der Waals surface area contributed by atoms with Crippen LogP contribution in [0.3, 0.4) is 0 Å². The number of piperidine rings is 1. The average molecular weight is 262 g/mol. The van der Waals surface area contributed by atoms with Gasteiger partial charge in [-0.15, -0.1) is 0 Å². The highest BCUT2D eigenvalue weighted by molar-refractivity contribution is 7.89. The summed E-state index contributed by atoms with van der Waals surface area (Å²) >= 11 is 0. The third-order valence-electron chi connectivity index (χ3n) is 3.39. The standard InChI is InChI=1S/C11H22N2O3S/c1-2-7-17(14,15)13-5-3-10(4-6-13)16-11-8-12-9-11/h10-12H,2-9H2,1H3. The van der Waals surface area contributed by atoms with E-state index in [1.807, 2.05) is 6.92 Å². The summed E-state index contributed by atoms with van der Waals surface area (Å²) in [6, 6.07) is 0. The lowest BCUT2D eigenvalue weighted by Crippen LogP contribution is -2.51. The van der Waals surface area contributed by atoms with Gasteiger partial charge in [-0.1, -0.05) is 6.92 Å². The third kappa shape index (κ3) is 3.40. The van der Waals surface area contributed by atoms with Crippen LogP contribution in [0.2, 0.25) is 0 Å².